The van der Waals surface area contributed by atoms with Gasteiger partial charge in [-0.2, -0.15) is 0 Å². The van der Waals surface area contributed by atoms with E-state index >= 15 is 0 Å². The molecule has 2 amide bonds. The van der Waals surface area contributed by atoms with Crippen molar-refractivity contribution in [1.82, 2.24) is 0 Å². The molecule has 5 heteroatoms. The molecule has 136 valence electrons. The van der Waals surface area contributed by atoms with Crippen molar-refractivity contribution in [3.05, 3.63) is 59.1 Å². The third kappa shape index (κ3) is 4.25. The van der Waals surface area contributed by atoms with Crippen LogP contribution in [0.25, 0.3) is 0 Å². The second kappa shape index (κ2) is 7.12. The van der Waals surface area contributed by atoms with Gasteiger partial charge in [-0.05, 0) is 41.7 Å². The van der Waals surface area contributed by atoms with E-state index in [4.69, 9.17) is 11.6 Å². The molecule has 3 rings (SSSR count). The fraction of sp³-hybridized carbons (Fsp3) is 0.333. The third-order valence-electron chi connectivity index (χ3n) is 4.55. The van der Waals surface area contributed by atoms with Crippen LogP contribution in [0.4, 0.5) is 11.4 Å². The molecule has 2 unspecified atom stereocenters. The molecule has 0 bridgehead atoms. The van der Waals surface area contributed by atoms with Gasteiger partial charge >= 0.3 is 0 Å². The zero-order valence-electron chi connectivity index (χ0n) is 15.2. The Kier molecular flexibility index (Phi) is 5.05. The van der Waals surface area contributed by atoms with Gasteiger partial charge < -0.3 is 10.6 Å². The number of halogens is 1. The van der Waals surface area contributed by atoms with Crippen molar-refractivity contribution in [3.63, 3.8) is 0 Å². The Labute approximate surface area is 158 Å². The molecule has 0 aliphatic heterocycles. The predicted octanol–water partition coefficient (Wildman–Crippen LogP) is 4.85. The molecule has 0 saturated heterocycles. The summed E-state index contributed by atoms with van der Waals surface area (Å²) in [5, 5.41) is 6.38. The summed E-state index contributed by atoms with van der Waals surface area (Å²) in [5.74, 6) is -0.831. The number of rotatable bonds is 4. The summed E-state index contributed by atoms with van der Waals surface area (Å²) >= 11 is 5.93. The van der Waals surface area contributed by atoms with Crippen molar-refractivity contribution >= 4 is 34.8 Å². The number of hydrogen-bond donors (Lipinski definition) is 2. The summed E-state index contributed by atoms with van der Waals surface area (Å²) in [6.07, 6.45) is 0.565. The number of benzene rings is 2. The lowest BCUT2D eigenvalue weighted by Crippen LogP contribution is -2.22. The van der Waals surface area contributed by atoms with E-state index < -0.39 is 0 Å². The topological polar surface area (TPSA) is 58.2 Å². The first-order chi connectivity index (χ1) is 12.3. The van der Waals surface area contributed by atoms with Gasteiger partial charge in [0.2, 0.25) is 11.8 Å². The standard InChI is InChI=1S/C21H23ClN2O2/c1-21(2,3)17-9-4-5-10-18(17)24-20(26)16-12-15(16)19(25)23-14-8-6-7-13(22)11-14/h4-11,15-16H,12H2,1-3H3,(H,23,25)(H,24,26). The predicted molar refractivity (Wildman–Crippen MR) is 105 cm³/mol. The zero-order chi connectivity index (χ0) is 18.9. The highest BCUT2D eigenvalue weighted by Crippen LogP contribution is 2.41. The van der Waals surface area contributed by atoms with Gasteiger partial charge in [0.25, 0.3) is 0 Å². The van der Waals surface area contributed by atoms with Crippen LogP contribution in [-0.2, 0) is 15.0 Å². The molecule has 1 saturated carbocycles. The van der Waals surface area contributed by atoms with Crippen LogP contribution in [0.1, 0.15) is 32.8 Å². The number of para-hydroxylation sites is 1. The molecule has 2 atom stereocenters. The molecule has 4 nitrogen and oxygen atoms in total. The van der Waals surface area contributed by atoms with Crippen LogP contribution < -0.4 is 10.6 Å². The van der Waals surface area contributed by atoms with Crippen molar-refractivity contribution < 1.29 is 9.59 Å². The maximum atomic E-state index is 12.6. The Morgan fingerprint density at radius 3 is 2.27 bits per heavy atom. The molecular formula is C21H23ClN2O2. The Hall–Kier alpha value is -2.33. The van der Waals surface area contributed by atoms with E-state index in [1.165, 1.54) is 0 Å². The first-order valence-electron chi connectivity index (χ1n) is 8.72. The maximum Gasteiger partial charge on any atom is 0.228 e. The second-order valence-electron chi connectivity index (χ2n) is 7.73. The number of carbonyl (C=O) groups excluding carboxylic acids is 2. The van der Waals surface area contributed by atoms with Gasteiger partial charge in [-0.3, -0.25) is 9.59 Å². The molecule has 2 aromatic rings. The summed E-state index contributed by atoms with van der Waals surface area (Å²) in [4.78, 5) is 24.9. The molecule has 0 heterocycles. The smallest absolute Gasteiger partial charge is 0.228 e. The van der Waals surface area contributed by atoms with Crippen LogP contribution in [0.3, 0.4) is 0 Å². The minimum atomic E-state index is -0.296. The van der Waals surface area contributed by atoms with E-state index in [1.54, 1.807) is 24.3 Å². The van der Waals surface area contributed by atoms with Gasteiger partial charge in [0.1, 0.15) is 0 Å². The first-order valence-corrected chi connectivity index (χ1v) is 9.10. The first kappa shape index (κ1) is 18.5. The highest BCUT2D eigenvalue weighted by molar-refractivity contribution is 6.30. The summed E-state index contributed by atoms with van der Waals surface area (Å²) in [7, 11) is 0. The van der Waals surface area contributed by atoms with E-state index in [-0.39, 0.29) is 29.1 Å². The van der Waals surface area contributed by atoms with Crippen molar-refractivity contribution in [2.24, 2.45) is 11.8 Å². The van der Waals surface area contributed by atoms with Crippen molar-refractivity contribution in [1.29, 1.82) is 0 Å². The van der Waals surface area contributed by atoms with Crippen LogP contribution in [0.5, 0.6) is 0 Å². The molecule has 1 fully saturated rings. The summed E-state index contributed by atoms with van der Waals surface area (Å²) in [5.41, 5.74) is 2.46. The summed E-state index contributed by atoms with van der Waals surface area (Å²) in [6, 6.07) is 14.8. The van der Waals surface area contributed by atoms with Crippen LogP contribution in [0.2, 0.25) is 5.02 Å². The summed E-state index contributed by atoms with van der Waals surface area (Å²) in [6.45, 7) is 6.32. The third-order valence-corrected chi connectivity index (χ3v) is 4.78. The Morgan fingerprint density at radius 1 is 0.962 bits per heavy atom. The number of carbonyl (C=O) groups is 2. The minimum absolute atomic E-state index is 0.0726. The lowest BCUT2D eigenvalue weighted by Gasteiger charge is -2.23. The fourth-order valence-electron chi connectivity index (χ4n) is 3.05. The van der Waals surface area contributed by atoms with Gasteiger partial charge in [0.05, 0.1) is 11.8 Å². The fourth-order valence-corrected chi connectivity index (χ4v) is 3.24. The lowest BCUT2D eigenvalue weighted by atomic mass is 9.86. The van der Waals surface area contributed by atoms with Gasteiger partial charge in [0, 0.05) is 16.4 Å². The van der Waals surface area contributed by atoms with Crippen LogP contribution in [0, 0.1) is 11.8 Å². The van der Waals surface area contributed by atoms with Crippen LogP contribution in [0.15, 0.2) is 48.5 Å². The van der Waals surface area contributed by atoms with Crippen LogP contribution >= 0.6 is 11.6 Å². The van der Waals surface area contributed by atoms with Gasteiger partial charge in [0.15, 0.2) is 0 Å². The van der Waals surface area contributed by atoms with Gasteiger partial charge in [-0.1, -0.05) is 56.6 Å². The molecular weight excluding hydrogens is 348 g/mol. The van der Waals surface area contributed by atoms with Crippen molar-refractivity contribution in [3.8, 4) is 0 Å². The lowest BCUT2D eigenvalue weighted by molar-refractivity contribution is -0.122. The largest absolute Gasteiger partial charge is 0.326 e. The van der Waals surface area contributed by atoms with E-state index in [2.05, 4.69) is 31.4 Å². The highest BCUT2D eigenvalue weighted by atomic mass is 35.5. The Morgan fingerprint density at radius 2 is 1.62 bits per heavy atom. The van der Waals surface area contributed by atoms with Gasteiger partial charge in [-0.25, -0.2) is 0 Å². The molecule has 2 aromatic carbocycles. The zero-order valence-corrected chi connectivity index (χ0v) is 15.9. The summed E-state index contributed by atoms with van der Waals surface area (Å²) < 4.78 is 0. The monoisotopic (exact) mass is 370 g/mol. The average molecular weight is 371 g/mol. The second-order valence-corrected chi connectivity index (χ2v) is 8.17. The molecule has 0 spiro atoms. The minimum Gasteiger partial charge on any atom is -0.326 e. The van der Waals surface area contributed by atoms with E-state index in [1.807, 2.05) is 24.3 Å². The SMILES string of the molecule is CC(C)(C)c1ccccc1NC(=O)C1CC1C(=O)Nc1cccc(Cl)c1. The maximum absolute atomic E-state index is 12.6. The normalized spacial score (nSPS) is 18.9. The molecule has 1 aliphatic carbocycles. The van der Waals surface area contributed by atoms with Crippen molar-refractivity contribution in [2.75, 3.05) is 10.6 Å². The number of anilines is 2. The molecule has 1 aliphatic rings. The number of amides is 2. The molecule has 2 N–H and O–H groups in total. The van der Waals surface area contributed by atoms with Gasteiger partial charge in [-0.15, -0.1) is 0 Å². The quantitative estimate of drug-likeness (QED) is 0.808. The highest BCUT2D eigenvalue weighted by Gasteiger charge is 2.48. The van der Waals surface area contributed by atoms with Crippen LogP contribution in [-0.4, -0.2) is 11.8 Å². The Balaban J connectivity index is 1.62. The molecule has 0 radical (unpaired) electrons. The number of nitrogens with one attached hydrogen (secondary N) is 2. The average Bonchev–Trinajstić information content (AvgIpc) is 3.35. The van der Waals surface area contributed by atoms with E-state index in [9.17, 15) is 9.59 Å². The van der Waals surface area contributed by atoms with E-state index in [0.29, 0.717) is 17.1 Å². The molecule has 26 heavy (non-hydrogen) atoms. The molecule has 0 aromatic heterocycles. The Bertz CT molecular complexity index is 842. The van der Waals surface area contributed by atoms with E-state index in [0.717, 1.165) is 11.3 Å². The number of hydrogen-bond acceptors (Lipinski definition) is 2. The van der Waals surface area contributed by atoms with Crippen molar-refractivity contribution in [2.45, 2.75) is 32.6 Å².